The van der Waals surface area contributed by atoms with E-state index in [0.717, 1.165) is 48.5 Å². The minimum atomic E-state index is -0.350. The average molecular weight is 371 g/mol. The monoisotopic (exact) mass is 371 g/mol. The second-order valence-electron chi connectivity index (χ2n) is 6.71. The van der Waals surface area contributed by atoms with Gasteiger partial charge in [-0.15, -0.1) is 12.6 Å². The summed E-state index contributed by atoms with van der Waals surface area (Å²) in [5, 5.41) is 4.56. The number of rotatable bonds is 3. The number of aromatic nitrogens is 4. The minimum Gasteiger partial charge on any atom is -0.490 e. The number of nitrogens with one attached hydrogen (secondary N) is 1. The fraction of sp³-hybridized carbons (Fsp3) is 0.389. The number of fused-ring (bicyclic) bond motifs is 1. The molecule has 0 amide bonds. The molecule has 4 rings (SSSR count). The Bertz CT molecular complexity index is 987. The number of aromatic amines is 1. The predicted molar refractivity (Wildman–Crippen MR) is 102 cm³/mol. The summed E-state index contributed by atoms with van der Waals surface area (Å²) in [5.41, 5.74) is 2.67. The summed E-state index contributed by atoms with van der Waals surface area (Å²) in [6.07, 6.45) is 2.36. The zero-order valence-electron chi connectivity index (χ0n) is 14.8. The van der Waals surface area contributed by atoms with Gasteiger partial charge in [-0.05, 0) is 44.5 Å². The van der Waals surface area contributed by atoms with Crippen molar-refractivity contribution in [3.8, 4) is 16.9 Å². The number of nitrogens with zero attached hydrogens (tertiary/aromatic N) is 4. The van der Waals surface area contributed by atoms with Crippen molar-refractivity contribution in [3.63, 3.8) is 0 Å². The molecule has 8 heteroatoms. The lowest BCUT2D eigenvalue weighted by Gasteiger charge is -2.29. The second kappa shape index (κ2) is 6.77. The van der Waals surface area contributed by atoms with Gasteiger partial charge in [0.1, 0.15) is 11.9 Å². The van der Waals surface area contributed by atoms with Gasteiger partial charge >= 0.3 is 5.69 Å². The highest BCUT2D eigenvalue weighted by Gasteiger charge is 2.19. The fourth-order valence-corrected chi connectivity index (χ4v) is 3.56. The maximum absolute atomic E-state index is 12.0. The van der Waals surface area contributed by atoms with Gasteiger partial charge in [0.25, 0.3) is 0 Å². The smallest absolute Gasteiger partial charge is 0.350 e. The largest absolute Gasteiger partial charge is 0.490 e. The van der Waals surface area contributed by atoms with Crippen LogP contribution in [0.4, 0.5) is 0 Å². The van der Waals surface area contributed by atoms with Gasteiger partial charge in [0.2, 0.25) is 0 Å². The van der Waals surface area contributed by atoms with E-state index in [1.54, 1.807) is 0 Å². The zero-order chi connectivity index (χ0) is 18.3. The molecule has 0 bridgehead atoms. The van der Waals surface area contributed by atoms with Crippen molar-refractivity contribution < 1.29 is 4.74 Å². The van der Waals surface area contributed by atoms with E-state index in [0.29, 0.717) is 5.65 Å². The van der Waals surface area contributed by atoms with E-state index in [4.69, 9.17) is 4.74 Å². The Labute approximate surface area is 156 Å². The quantitative estimate of drug-likeness (QED) is 0.690. The Morgan fingerprint density at radius 2 is 1.92 bits per heavy atom. The zero-order valence-corrected chi connectivity index (χ0v) is 15.7. The van der Waals surface area contributed by atoms with Gasteiger partial charge in [0, 0.05) is 18.7 Å². The Morgan fingerprint density at radius 3 is 2.62 bits per heavy atom. The van der Waals surface area contributed by atoms with Crippen LogP contribution in [0, 0.1) is 6.92 Å². The van der Waals surface area contributed by atoms with Gasteiger partial charge in [-0.3, -0.25) is 4.98 Å². The fourth-order valence-electron chi connectivity index (χ4n) is 3.37. The van der Waals surface area contributed by atoms with Crippen LogP contribution >= 0.6 is 12.6 Å². The highest BCUT2D eigenvalue weighted by molar-refractivity contribution is 7.80. The maximum atomic E-state index is 12.0. The Morgan fingerprint density at radius 1 is 1.23 bits per heavy atom. The molecule has 1 aliphatic heterocycles. The summed E-state index contributed by atoms with van der Waals surface area (Å²) >= 11 is 4.16. The lowest BCUT2D eigenvalue weighted by Crippen LogP contribution is -2.35. The molecule has 1 N–H and O–H groups in total. The topological polar surface area (TPSA) is 75.5 Å². The highest BCUT2D eigenvalue weighted by Crippen LogP contribution is 2.29. The summed E-state index contributed by atoms with van der Waals surface area (Å²) in [7, 11) is 2.14. The second-order valence-corrected chi connectivity index (χ2v) is 7.13. The van der Waals surface area contributed by atoms with Crippen molar-refractivity contribution in [2.75, 3.05) is 20.1 Å². The van der Waals surface area contributed by atoms with E-state index in [2.05, 4.69) is 39.6 Å². The van der Waals surface area contributed by atoms with Gasteiger partial charge in [-0.1, -0.05) is 12.1 Å². The van der Waals surface area contributed by atoms with E-state index >= 15 is 0 Å². The van der Waals surface area contributed by atoms with Crippen LogP contribution < -0.4 is 10.4 Å². The summed E-state index contributed by atoms with van der Waals surface area (Å²) in [5.74, 6) is 0.859. The normalized spacial score (nSPS) is 16.3. The molecular weight excluding hydrogens is 350 g/mol. The van der Waals surface area contributed by atoms with Crippen LogP contribution in [0.25, 0.3) is 16.8 Å². The van der Waals surface area contributed by atoms with Crippen molar-refractivity contribution in [2.45, 2.75) is 31.0 Å². The Balaban J connectivity index is 1.62. The van der Waals surface area contributed by atoms with Crippen LogP contribution in [-0.4, -0.2) is 50.7 Å². The van der Waals surface area contributed by atoms with Crippen LogP contribution in [0.2, 0.25) is 0 Å². The summed E-state index contributed by atoms with van der Waals surface area (Å²) in [6, 6.07) is 7.89. The van der Waals surface area contributed by atoms with Crippen LogP contribution in [0.3, 0.4) is 0 Å². The summed E-state index contributed by atoms with van der Waals surface area (Å²) in [4.78, 5) is 21.2. The molecule has 3 aromatic rings. The predicted octanol–water partition coefficient (Wildman–Crippen LogP) is 2.15. The molecule has 1 aliphatic rings. The number of hydrogen-bond acceptors (Lipinski definition) is 6. The Kier molecular flexibility index (Phi) is 4.46. The molecule has 1 fully saturated rings. The van der Waals surface area contributed by atoms with Gasteiger partial charge in [0.05, 0.1) is 5.69 Å². The third-order valence-electron chi connectivity index (χ3n) is 4.77. The molecule has 0 aliphatic carbocycles. The number of piperidine rings is 1. The molecule has 2 aromatic heterocycles. The molecule has 7 nitrogen and oxygen atoms in total. The lowest BCUT2D eigenvalue weighted by molar-refractivity contribution is 0.114. The van der Waals surface area contributed by atoms with Crippen LogP contribution in [0.15, 0.2) is 34.2 Å². The minimum absolute atomic E-state index is 0.266. The third kappa shape index (κ3) is 3.22. The molecule has 1 saturated heterocycles. The summed E-state index contributed by atoms with van der Waals surface area (Å²) in [6.45, 7) is 4.00. The van der Waals surface area contributed by atoms with E-state index < -0.39 is 0 Å². The molecule has 0 saturated carbocycles. The van der Waals surface area contributed by atoms with Gasteiger partial charge in [0.15, 0.2) is 10.8 Å². The summed E-state index contributed by atoms with van der Waals surface area (Å²) < 4.78 is 7.37. The molecule has 3 heterocycles. The molecule has 0 atom stereocenters. The first-order valence-corrected chi connectivity index (χ1v) is 9.10. The number of hydrogen-bond donors (Lipinski definition) is 2. The standard InChI is InChI=1S/C18H21N5O2S/c1-11-15(16-19-17(26)20-18(24)23(16)21-11)12-3-5-13(6-4-12)25-14-7-9-22(2)10-8-14/h3-6,14H,7-10H2,1-2H3,(H2,19,20,24,26). The molecule has 1 aromatic carbocycles. The van der Waals surface area contributed by atoms with E-state index in [1.165, 1.54) is 4.52 Å². The molecule has 0 radical (unpaired) electrons. The highest BCUT2D eigenvalue weighted by atomic mass is 32.1. The maximum Gasteiger partial charge on any atom is 0.350 e. The van der Waals surface area contributed by atoms with Crippen LogP contribution in [0.5, 0.6) is 5.75 Å². The van der Waals surface area contributed by atoms with Crippen molar-refractivity contribution in [1.82, 2.24) is 24.5 Å². The first kappa shape index (κ1) is 17.1. The van der Waals surface area contributed by atoms with Crippen molar-refractivity contribution in [1.29, 1.82) is 0 Å². The number of thiol groups is 1. The SMILES string of the molecule is Cc1nn2c(=O)[nH]c(S)nc2c1-c1ccc(OC2CCN(C)CC2)cc1. The van der Waals surface area contributed by atoms with E-state index in [1.807, 2.05) is 31.2 Å². The van der Waals surface area contributed by atoms with Crippen LogP contribution in [0.1, 0.15) is 18.5 Å². The number of ether oxygens (including phenoxy) is 1. The number of aryl methyl sites for hydroxylation is 1. The first-order valence-electron chi connectivity index (χ1n) is 8.65. The first-order chi connectivity index (χ1) is 12.5. The van der Waals surface area contributed by atoms with E-state index in [9.17, 15) is 4.79 Å². The lowest BCUT2D eigenvalue weighted by atomic mass is 10.1. The average Bonchev–Trinajstić information content (AvgIpc) is 2.94. The third-order valence-corrected chi connectivity index (χ3v) is 4.98. The van der Waals surface area contributed by atoms with E-state index in [-0.39, 0.29) is 17.0 Å². The number of benzene rings is 1. The Hall–Kier alpha value is -2.32. The van der Waals surface area contributed by atoms with Gasteiger partial charge < -0.3 is 9.64 Å². The van der Waals surface area contributed by atoms with Crippen molar-refractivity contribution in [2.24, 2.45) is 0 Å². The molecule has 26 heavy (non-hydrogen) atoms. The van der Waals surface area contributed by atoms with Crippen LogP contribution in [-0.2, 0) is 0 Å². The molecule has 136 valence electrons. The molecular formula is C18H21N5O2S. The molecule has 0 spiro atoms. The molecule has 0 unspecified atom stereocenters. The van der Waals surface area contributed by atoms with Gasteiger partial charge in [-0.25, -0.2) is 9.78 Å². The van der Waals surface area contributed by atoms with Gasteiger partial charge in [-0.2, -0.15) is 9.61 Å². The van der Waals surface area contributed by atoms with Crippen molar-refractivity contribution >= 4 is 18.3 Å². The number of likely N-dealkylation sites (tertiary alicyclic amines) is 1. The van der Waals surface area contributed by atoms with Crippen molar-refractivity contribution in [3.05, 3.63) is 40.4 Å². The number of H-pyrrole nitrogens is 1.